The Bertz CT molecular complexity index is 366. The third-order valence-electron chi connectivity index (χ3n) is 2.08. The Morgan fingerprint density at radius 3 is 2.22 bits per heavy atom. The van der Waals surface area contributed by atoms with Crippen LogP contribution in [0, 0.1) is 0 Å². The van der Waals surface area contributed by atoms with Crippen LogP contribution in [0.2, 0.25) is 0 Å². The Morgan fingerprint density at radius 2 is 1.67 bits per heavy atom. The zero-order valence-corrected chi connectivity index (χ0v) is 11.3. The summed E-state index contributed by atoms with van der Waals surface area (Å²) in [5.74, 6) is -0.998. The van der Waals surface area contributed by atoms with E-state index < -0.39 is 16.0 Å². The Morgan fingerprint density at radius 1 is 1.06 bits per heavy atom. The van der Waals surface area contributed by atoms with E-state index in [1.54, 1.807) is 0 Å². The van der Waals surface area contributed by atoms with E-state index in [4.69, 9.17) is 5.11 Å². The number of carbonyl (C=O) groups is 2. The molecule has 0 bridgehead atoms. The van der Waals surface area contributed by atoms with Gasteiger partial charge in [-0.25, -0.2) is 13.1 Å². The second-order valence-corrected chi connectivity index (χ2v) is 5.80. The minimum Gasteiger partial charge on any atom is -0.481 e. The fourth-order valence-corrected chi connectivity index (χ4v) is 1.74. The van der Waals surface area contributed by atoms with E-state index in [9.17, 15) is 18.0 Å². The lowest BCUT2D eigenvalue weighted by molar-refractivity contribution is -0.137. The second-order valence-electron chi connectivity index (χ2n) is 3.97. The maximum atomic E-state index is 11.3. The Balaban J connectivity index is 3.40. The third kappa shape index (κ3) is 12.9. The molecule has 0 saturated carbocycles. The zero-order valence-electron chi connectivity index (χ0n) is 10.4. The topological polar surface area (TPSA) is 113 Å². The average Bonchev–Trinajstić information content (AvgIpc) is 2.22. The molecule has 0 saturated heterocycles. The highest BCUT2D eigenvalue weighted by Crippen LogP contribution is 1.99. The summed E-state index contributed by atoms with van der Waals surface area (Å²) in [6, 6.07) is 0. The number of amides is 1. The Kier molecular flexibility index (Phi) is 8.30. The molecule has 0 aliphatic heterocycles. The van der Waals surface area contributed by atoms with Gasteiger partial charge in [-0.2, -0.15) is 0 Å². The van der Waals surface area contributed by atoms with Crippen LogP contribution in [-0.4, -0.2) is 44.7 Å². The normalized spacial score (nSPS) is 11.2. The lowest BCUT2D eigenvalue weighted by atomic mass is 10.2. The van der Waals surface area contributed by atoms with E-state index in [1.807, 2.05) is 0 Å². The van der Waals surface area contributed by atoms with Crippen LogP contribution >= 0.6 is 0 Å². The number of sulfonamides is 1. The lowest BCUT2D eigenvalue weighted by Gasteiger charge is -2.05. The predicted octanol–water partition coefficient (Wildman–Crippen LogP) is -0.313. The van der Waals surface area contributed by atoms with Crippen molar-refractivity contribution in [3.63, 3.8) is 0 Å². The number of hydrogen-bond donors (Lipinski definition) is 3. The largest absolute Gasteiger partial charge is 0.481 e. The van der Waals surface area contributed by atoms with Crippen molar-refractivity contribution in [3.8, 4) is 0 Å². The summed E-state index contributed by atoms with van der Waals surface area (Å²) in [4.78, 5) is 21.5. The highest BCUT2D eigenvalue weighted by molar-refractivity contribution is 7.88. The van der Waals surface area contributed by atoms with E-state index in [0.29, 0.717) is 32.2 Å². The molecule has 3 N–H and O–H groups in total. The van der Waals surface area contributed by atoms with E-state index in [-0.39, 0.29) is 18.9 Å². The lowest BCUT2D eigenvalue weighted by Crippen LogP contribution is -2.29. The molecule has 7 nitrogen and oxygen atoms in total. The van der Waals surface area contributed by atoms with Crippen molar-refractivity contribution in [2.45, 2.75) is 32.1 Å². The maximum absolute atomic E-state index is 11.3. The van der Waals surface area contributed by atoms with E-state index in [2.05, 4.69) is 10.0 Å². The summed E-state index contributed by atoms with van der Waals surface area (Å²) in [5, 5.41) is 11.0. The first-order valence-electron chi connectivity index (χ1n) is 5.74. The summed E-state index contributed by atoms with van der Waals surface area (Å²) in [7, 11) is -3.17. The quantitative estimate of drug-likeness (QED) is 0.475. The second kappa shape index (κ2) is 8.87. The number of nitrogens with one attached hydrogen (secondary N) is 2. The fraction of sp³-hybridized carbons (Fsp3) is 0.800. The van der Waals surface area contributed by atoms with Gasteiger partial charge in [0, 0.05) is 25.9 Å². The highest BCUT2D eigenvalue weighted by atomic mass is 32.2. The van der Waals surface area contributed by atoms with Crippen molar-refractivity contribution in [3.05, 3.63) is 0 Å². The molecule has 0 aromatic rings. The monoisotopic (exact) mass is 280 g/mol. The number of aliphatic carboxylic acids is 1. The highest BCUT2D eigenvalue weighted by Gasteiger charge is 2.03. The molecule has 0 spiro atoms. The van der Waals surface area contributed by atoms with Gasteiger partial charge in [-0.3, -0.25) is 9.59 Å². The summed E-state index contributed by atoms with van der Waals surface area (Å²) in [6.07, 6.45) is 3.00. The van der Waals surface area contributed by atoms with Gasteiger partial charge < -0.3 is 10.4 Å². The first-order chi connectivity index (χ1) is 8.31. The van der Waals surface area contributed by atoms with Crippen molar-refractivity contribution in [2.24, 2.45) is 0 Å². The minimum atomic E-state index is -3.17. The number of hydrogen-bond acceptors (Lipinski definition) is 4. The molecule has 0 aliphatic carbocycles. The summed E-state index contributed by atoms with van der Waals surface area (Å²) in [5.41, 5.74) is 0. The molecule has 0 aromatic carbocycles. The number of carbonyl (C=O) groups excluding carboxylic acids is 1. The number of unbranched alkanes of at least 4 members (excludes halogenated alkanes) is 1. The van der Waals surface area contributed by atoms with Crippen LogP contribution in [0.5, 0.6) is 0 Å². The van der Waals surface area contributed by atoms with Gasteiger partial charge in [-0.05, 0) is 19.3 Å². The van der Waals surface area contributed by atoms with Crippen LogP contribution in [0.1, 0.15) is 32.1 Å². The molecule has 0 atom stereocenters. The fourth-order valence-electron chi connectivity index (χ4n) is 1.22. The van der Waals surface area contributed by atoms with Crippen molar-refractivity contribution >= 4 is 21.9 Å². The molecular weight excluding hydrogens is 260 g/mol. The Labute approximate surface area is 107 Å². The SMILES string of the molecule is CS(=O)(=O)NCCCNC(=O)CCCCC(=O)O. The molecule has 8 heteroatoms. The van der Waals surface area contributed by atoms with E-state index in [0.717, 1.165) is 6.26 Å². The molecule has 0 heterocycles. The molecule has 0 fully saturated rings. The number of carboxylic acid groups (broad SMARTS) is 1. The van der Waals surface area contributed by atoms with Gasteiger partial charge in [0.05, 0.1) is 6.26 Å². The molecule has 0 radical (unpaired) electrons. The van der Waals surface area contributed by atoms with Gasteiger partial charge in [-0.1, -0.05) is 0 Å². The number of rotatable bonds is 10. The molecule has 0 aromatic heterocycles. The minimum absolute atomic E-state index is 0.0750. The smallest absolute Gasteiger partial charge is 0.303 e. The molecule has 0 aliphatic rings. The predicted molar refractivity (Wildman–Crippen MR) is 66.6 cm³/mol. The van der Waals surface area contributed by atoms with Crippen LogP contribution in [0.15, 0.2) is 0 Å². The summed E-state index contributed by atoms with van der Waals surface area (Å²) in [6.45, 7) is 0.693. The van der Waals surface area contributed by atoms with Crippen LogP contribution < -0.4 is 10.0 Å². The summed E-state index contributed by atoms with van der Waals surface area (Å²) >= 11 is 0. The number of carboxylic acids is 1. The maximum Gasteiger partial charge on any atom is 0.303 e. The van der Waals surface area contributed by atoms with Gasteiger partial charge in [0.2, 0.25) is 15.9 Å². The first kappa shape index (κ1) is 16.9. The van der Waals surface area contributed by atoms with Crippen LogP contribution in [0.3, 0.4) is 0 Å². The third-order valence-corrected chi connectivity index (χ3v) is 2.81. The molecule has 0 unspecified atom stereocenters. The average molecular weight is 280 g/mol. The molecule has 18 heavy (non-hydrogen) atoms. The zero-order chi connectivity index (χ0) is 14.0. The van der Waals surface area contributed by atoms with Gasteiger partial charge in [-0.15, -0.1) is 0 Å². The van der Waals surface area contributed by atoms with Crippen molar-refractivity contribution in [1.82, 2.24) is 10.0 Å². The molecule has 106 valence electrons. The van der Waals surface area contributed by atoms with Crippen LogP contribution in [0.4, 0.5) is 0 Å². The molecular formula is C10H20N2O5S. The summed E-state index contributed by atoms with van der Waals surface area (Å²) < 4.78 is 23.7. The van der Waals surface area contributed by atoms with Crippen molar-refractivity contribution < 1.29 is 23.1 Å². The van der Waals surface area contributed by atoms with Gasteiger partial charge in [0.25, 0.3) is 0 Å². The molecule has 1 amide bonds. The van der Waals surface area contributed by atoms with Gasteiger partial charge in [0.15, 0.2) is 0 Å². The molecule has 0 rings (SSSR count). The van der Waals surface area contributed by atoms with Crippen LogP contribution in [0.25, 0.3) is 0 Å². The van der Waals surface area contributed by atoms with E-state index in [1.165, 1.54) is 0 Å². The van der Waals surface area contributed by atoms with E-state index >= 15 is 0 Å². The van der Waals surface area contributed by atoms with Crippen molar-refractivity contribution in [1.29, 1.82) is 0 Å². The van der Waals surface area contributed by atoms with Crippen molar-refractivity contribution in [2.75, 3.05) is 19.3 Å². The van der Waals surface area contributed by atoms with Gasteiger partial charge >= 0.3 is 5.97 Å². The van der Waals surface area contributed by atoms with Gasteiger partial charge in [0.1, 0.15) is 0 Å². The standard InChI is InChI=1S/C10H20N2O5S/c1-18(16,17)12-8-4-7-11-9(13)5-2-3-6-10(14)15/h12H,2-8H2,1H3,(H,11,13)(H,14,15). The Hall–Kier alpha value is -1.15. The van der Waals surface area contributed by atoms with Crippen LogP contribution in [-0.2, 0) is 19.6 Å². The first-order valence-corrected chi connectivity index (χ1v) is 7.63.